The number of rotatable bonds is 0. The fraction of sp³-hybridized carbons (Fsp3) is 0.200. The second-order valence-electron chi connectivity index (χ2n) is 3.04. The van der Waals surface area contributed by atoms with Crippen LogP contribution in [0.2, 0.25) is 0 Å². The molecular weight excluding hydrogens is 182 g/mol. The molecule has 0 bridgehead atoms. The zero-order valence-corrected chi connectivity index (χ0v) is 7.69. The summed E-state index contributed by atoms with van der Waals surface area (Å²) < 4.78 is 6.44. The molecule has 0 fully saturated rings. The van der Waals surface area contributed by atoms with Crippen molar-refractivity contribution in [3.05, 3.63) is 35.8 Å². The van der Waals surface area contributed by atoms with E-state index in [9.17, 15) is 9.90 Å². The molecule has 72 valence electrons. The SMILES string of the molecule is C/C([O-])=C1\C(=O)OCc2cccc[n+]21. The van der Waals surface area contributed by atoms with E-state index >= 15 is 0 Å². The molecule has 0 aromatic carbocycles. The molecule has 14 heavy (non-hydrogen) atoms. The molecule has 0 aliphatic carbocycles. The van der Waals surface area contributed by atoms with Gasteiger partial charge in [-0.05, 0) is 13.0 Å². The molecule has 4 heteroatoms. The van der Waals surface area contributed by atoms with E-state index in [1.807, 2.05) is 12.1 Å². The number of carbonyl (C=O) groups is 1. The summed E-state index contributed by atoms with van der Waals surface area (Å²) in [4.78, 5) is 11.3. The maximum atomic E-state index is 11.3. The third-order valence-corrected chi connectivity index (χ3v) is 2.06. The molecule has 0 spiro atoms. The first-order valence-corrected chi connectivity index (χ1v) is 4.25. The van der Waals surface area contributed by atoms with E-state index in [0.29, 0.717) is 0 Å². The molecule has 1 aliphatic rings. The lowest BCUT2D eigenvalue weighted by Gasteiger charge is -2.15. The number of aromatic nitrogens is 1. The van der Waals surface area contributed by atoms with Crippen molar-refractivity contribution in [2.75, 3.05) is 0 Å². The first-order chi connectivity index (χ1) is 6.70. The minimum absolute atomic E-state index is 0.0758. The predicted molar refractivity (Wildman–Crippen MR) is 45.3 cm³/mol. The summed E-state index contributed by atoms with van der Waals surface area (Å²) in [5, 5.41) is 11.2. The highest BCUT2D eigenvalue weighted by Crippen LogP contribution is 2.11. The topological polar surface area (TPSA) is 53.2 Å². The zero-order valence-electron chi connectivity index (χ0n) is 7.69. The Morgan fingerprint density at radius 3 is 3.07 bits per heavy atom. The van der Waals surface area contributed by atoms with E-state index in [2.05, 4.69) is 0 Å². The van der Waals surface area contributed by atoms with Gasteiger partial charge in [-0.2, -0.15) is 4.57 Å². The van der Waals surface area contributed by atoms with Gasteiger partial charge in [0.05, 0.1) is 0 Å². The smallest absolute Gasteiger partial charge is 0.403 e. The van der Waals surface area contributed by atoms with Gasteiger partial charge in [-0.25, -0.2) is 4.79 Å². The quantitative estimate of drug-likeness (QED) is 0.242. The van der Waals surface area contributed by atoms with E-state index in [4.69, 9.17) is 4.74 Å². The van der Waals surface area contributed by atoms with Crippen molar-refractivity contribution in [2.24, 2.45) is 0 Å². The molecule has 0 N–H and O–H groups in total. The first kappa shape index (κ1) is 8.74. The molecule has 0 amide bonds. The van der Waals surface area contributed by atoms with Crippen molar-refractivity contribution in [1.29, 1.82) is 0 Å². The van der Waals surface area contributed by atoms with Gasteiger partial charge >= 0.3 is 5.97 Å². The van der Waals surface area contributed by atoms with Crippen molar-refractivity contribution < 1.29 is 19.2 Å². The molecule has 2 rings (SSSR count). The van der Waals surface area contributed by atoms with Crippen molar-refractivity contribution >= 4 is 11.7 Å². The third-order valence-electron chi connectivity index (χ3n) is 2.06. The van der Waals surface area contributed by atoms with Crippen molar-refractivity contribution in [3.63, 3.8) is 0 Å². The molecule has 0 unspecified atom stereocenters. The third kappa shape index (κ3) is 1.25. The van der Waals surface area contributed by atoms with Gasteiger partial charge in [0, 0.05) is 12.1 Å². The molecule has 0 atom stereocenters. The standard InChI is InChI=1S/C10H9NO3/c1-7(12)9-10(13)14-6-8-4-2-3-5-11(8)9/h2-5H,6H2,1H3. The van der Waals surface area contributed by atoms with Crippen LogP contribution in [0.5, 0.6) is 0 Å². The van der Waals surface area contributed by atoms with Gasteiger partial charge in [0.1, 0.15) is 0 Å². The highest BCUT2D eigenvalue weighted by atomic mass is 16.5. The highest BCUT2D eigenvalue weighted by molar-refractivity contribution is 6.06. The van der Waals surface area contributed by atoms with Crippen LogP contribution in [0.4, 0.5) is 0 Å². The lowest BCUT2D eigenvalue weighted by Crippen LogP contribution is -2.46. The Morgan fingerprint density at radius 2 is 2.36 bits per heavy atom. The minimum Gasteiger partial charge on any atom is -0.871 e. The molecule has 4 nitrogen and oxygen atoms in total. The second kappa shape index (κ2) is 3.14. The van der Waals surface area contributed by atoms with Crippen LogP contribution in [0.15, 0.2) is 30.2 Å². The zero-order chi connectivity index (χ0) is 10.1. The molecule has 1 aromatic heterocycles. The summed E-state index contributed by atoms with van der Waals surface area (Å²) in [6, 6.07) is 5.42. The van der Waals surface area contributed by atoms with Crippen LogP contribution in [-0.2, 0) is 16.1 Å². The van der Waals surface area contributed by atoms with Gasteiger partial charge in [0.15, 0.2) is 12.8 Å². The van der Waals surface area contributed by atoms with Crippen LogP contribution in [0.3, 0.4) is 0 Å². The van der Waals surface area contributed by atoms with Gasteiger partial charge in [-0.3, -0.25) is 0 Å². The summed E-state index contributed by atoms with van der Waals surface area (Å²) in [6.45, 7) is 1.57. The Bertz CT molecular complexity index is 419. The lowest BCUT2D eigenvalue weighted by atomic mass is 10.2. The molecule has 0 saturated carbocycles. The number of nitrogens with zero attached hydrogens (tertiary/aromatic N) is 1. The number of ether oxygens (including phenoxy) is 1. The normalized spacial score (nSPS) is 18.5. The van der Waals surface area contributed by atoms with Gasteiger partial charge in [-0.1, -0.05) is 5.76 Å². The van der Waals surface area contributed by atoms with E-state index < -0.39 is 5.97 Å². The number of allylic oxidation sites excluding steroid dienone is 1. The average Bonchev–Trinajstić information content (AvgIpc) is 2.17. The summed E-state index contributed by atoms with van der Waals surface area (Å²) in [7, 11) is 0. The number of pyridine rings is 1. The van der Waals surface area contributed by atoms with Gasteiger partial charge in [0.25, 0.3) is 5.70 Å². The van der Waals surface area contributed by atoms with Crippen LogP contribution < -0.4 is 9.67 Å². The summed E-state index contributed by atoms with van der Waals surface area (Å²) >= 11 is 0. The number of esters is 1. The molecule has 1 aromatic rings. The van der Waals surface area contributed by atoms with E-state index in [1.54, 1.807) is 16.8 Å². The number of hydrogen-bond acceptors (Lipinski definition) is 3. The molecule has 0 saturated heterocycles. The Hall–Kier alpha value is -1.84. The second-order valence-corrected chi connectivity index (χ2v) is 3.04. The Labute approximate surface area is 81.1 Å². The fourth-order valence-corrected chi connectivity index (χ4v) is 1.43. The monoisotopic (exact) mass is 191 g/mol. The maximum Gasteiger partial charge on any atom is 0.403 e. The maximum absolute atomic E-state index is 11.3. The number of fused-ring (bicyclic) bond motifs is 1. The minimum atomic E-state index is -0.554. The Morgan fingerprint density at radius 1 is 1.57 bits per heavy atom. The van der Waals surface area contributed by atoms with Gasteiger partial charge in [-0.15, -0.1) is 0 Å². The largest absolute Gasteiger partial charge is 0.871 e. The average molecular weight is 191 g/mol. The highest BCUT2D eigenvalue weighted by Gasteiger charge is 2.30. The molecular formula is C10H9NO3. The molecule has 0 radical (unpaired) electrons. The Kier molecular flexibility index (Phi) is 1.96. The first-order valence-electron chi connectivity index (χ1n) is 4.25. The fourth-order valence-electron chi connectivity index (χ4n) is 1.43. The molecule has 1 aliphatic heterocycles. The van der Waals surface area contributed by atoms with Crippen molar-refractivity contribution in [3.8, 4) is 0 Å². The van der Waals surface area contributed by atoms with Gasteiger partial charge in [0.2, 0.25) is 5.69 Å². The van der Waals surface area contributed by atoms with E-state index in [0.717, 1.165) is 5.69 Å². The van der Waals surface area contributed by atoms with Crippen LogP contribution in [0.25, 0.3) is 5.70 Å². The summed E-state index contributed by atoms with van der Waals surface area (Å²) in [5.41, 5.74) is 0.879. The van der Waals surface area contributed by atoms with E-state index in [-0.39, 0.29) is 18.1 Å². The van der Waals surface area contributed by atoms with Crippen molar-refractivity contribution in [1.82, 2.24) is 0 Å². The van der Waals surface area contributed by atoms with Crippen molar-refractivity contribution in [2.45, 2.75) is 13.5 Å². The number of cyclic esters (lactones) is 1. The van der Waals surface area contributed by atoms with Crippen LogP contribution in [0, 0.1) is 0 Å². The number of carbonyl (C=O) groups excluding carboxylic acids is 1. The predicted octanol–water partition coefficient (Wildman–Crippen LogP) is -0.420. The summed E-state index contributed by atoms with van der Waals surface area (Å²) in [6.07, 6.45) is 1.69. The van der Waals surface area contributed by atoms with Crippen LogP contribution >= 0.6 is 0 Å². The lowest BCUT2D eigenvalue weighted by molar-refractivity contribution is -0.599. The van der Waals surface area contributed by atoms with Crippen LogP contribution in [-0.4, -0.2) is 5.97 Å². The Balaban J connectivity index is 2.64. The number of hydrogen-bond donors (Lipinski definition) is 0. The van der Waals surface area contributed by atoms with Gasteiger partial charge < -0.3 is 9.84 Å². The molecule has 2 heterocycles. The summed E-state index contributed by atoms with van der Waals surface area (Å²) in [5.74, 6) is -0.839. The van der Waals surface area contributed by atoms with E-state index in [1.165, 1.54) is 6.92 Å². The van der Waals surface area contributed by atoms with Crippen LogP contribution in [0.1, 0.15) is 12.6 Å².